The van der Waals surface area contributed by atoms with Crippen LogP contribution in [0.4, 0.5) is 0 Å². The number of halogens is 2. The lowest BCUT2D eigenvalue weighted by Crippen LogP contribution is -2.32. The highest BCUT2D eigenvalue weighted by molar-refractivity contribution is 6.42. The second-order valence-corrected chi connectivity index (χ2v) is 9.12. The zero-order valence-electron chi connectivity index (χ0n) is 19.1. The molecule has 3 heterocycles. The summed E-state index contributed by atoms with van der Waals surface area (Å²) in [6.45, 7) is 0.877. The minimum Gasteiger partial charge on any atom is -0.503 e. The molecule has 2 aromatic carbocycles. The van der Waals surface area contributed by atoms with Crippen LogP contribution in [-0.2, 0) is 11.3 Å². The van der Waals surface area contributed by atoms with Gasteiger partial charge in [0.1, 0.15) is 0 Å². The van der Waals surface area contributed by atoms with Crippen molar-refractivity contribution in [3.63, 3.8) is 0 Å². The van der Waals surface area contributed by atoms with E-state index in [4.69, 9.17) is 32.4 Å². The maximum atomic E-state index is 13.7. The Labute approximate surface area is 216 Å². The van der Waals surface area contributed by atoms with Gasteiger partial charge in [-0.1, -0.05) is 41.4 Å². The quantitative estimate of drug-likeness (QED) is 0.300. The van der Waals surface area contributed by atoms with Crippen molar-refractivity contribution >= 4 is 45.9 Å². The van der Waals surface area contributed by atoms with Crippen LogP contribution in [0.5, 0.6) is 5.75 Å². The van der Waals surface area contributed by atoms with Gasteiger partial charge in [0.15, 0.2) is 22.9 Å². The van der Waals surface area contributed by atoms with Crippen LogP contribution in [0.25, 0.3) is 11.0 Å². The highest BCUT2D eigenvalue weighted by atomic mass is 35.5. The number of carbonyl (C=O) groups excluding carboxylic acids is 2. The number of hydrogen-bond donors (Lipinski definition) is 1. The number of imidazole rings is 1. The van der Waals surface area contributed by atoms with E-state index in [1.807, 2.05) is 10.8 Å². The summed E-state index contributed by atoms with van der Waals surface area (Å²) in [6, 6.07) is 10.8. The molecule has 1 atom stereocenters. The maximum Gasteiger partial charge on any atom is 0.290 e. The number of fused-ring (bicyclic) bond motifs is 1. The predicted octanol–water partition coefficient (Wildman–Crippen LogP) is 5.61. The average molecular weight is 526 g/mol. The number of furan rings is 1. The summed E-state index contributed by atoms with van der Waals surface area (Å²) in [5.74, 6) is -1.42. The average Bonchev–Trinajstić information content (AvgIpc) is 3.60. The second kappa shape index (κ2) is 9.72. The van der Waals surface area contributed by atoms with Crippen LogP contribution < -0.4 is 4.74 Å². The smallest absolute Gasteiger partial charge is 0.290 e. The summed E-state index contributed by atoms with van der Waals surface area (Å²) < 4.78 is 13.0. The number of ketones is 1. The monoisotopic (exact) mass is 525 g/mol. The van der Waals surface area contributed by atoms with Gasteiger partial charge in [-0.15, -0.1) is 0 Å². The number of para-hydroxylation sites is 1. The van der Waals surface area contributed by atoms with Gasteiger partial charge in [-0.05, 0) is 36.2 Å². The van der Waals surface area contributed by atoms with E-state index in [-0.39, 0.29) is 22.9 Å². The van der Waals surface area contributed by atoms with E-state index in [9.17, 15) is 14.7 Å². The largest absolute Gasteiger partial charge is 0.503 e. The van der Waals surface area contributed by atoms with E-state index in [2.05, 4.69) is 4.98 Å². The third-order valence-electron chi connectivity index (χ3n) is 6.13. The normalized spacial score (nSPS) is 15.8. The van der Waals surface area contributed by atoms with Gasteiger partial charge < -0.3 is 23.7 Å². The lowest BCUT2D eigenvalue weighted by molar-refractivity contribution is -0.129. The van der Waals surface area contributed by atoms with E-state index < -0.39 is 23.5 Å². The summed E-state index contributed by atoms with van der Waals surface area (Å²) in [4.78, 5) is 32.4. The Kier molecular flexibility index (Phi) is 6.47. The predicted molar refractivity (Wildman–Crippen MR) is 135 cm³/mol. The van der Waals surface area contributed by atoms with Gasteiger partial charge in [-0.2, -0.15) is 0 Å². The molecule has 2 aromatic heterocycles. The number of aromatic nitrogens is 2. The fourth-order valence-corrected chi connectivity index (χ4v) is 4.74. The van der Waals surface area contributed by atoms with Crippen molar-refractivity contribution < 1.29 is 23.8 Å². The molecule has 0 bridgehead atoms. The number of nitrogens with zero attached hydrogens (tertiary/aromatic N) is 3. The number of hydrogen-bond acceptors (Lipinski definition) is 6. The van der Waals surface area contributed by atoms with Crippen LogP contribution in [0.2, 0.25) is 10.0 Å². The third-order valence-corrected chi connectivity index (χ3v) is 6.87. The van der Waals surface area contributed by atoms with Crippen LogP contribution in [0.3, 0.4) is 0 Å². The molecule has 1 N–H and O–H groups in total. The lowest BCUT2D eigenvalue weighted by atomic mass is 9.95. The van der Waals surface area contributed by atoms with Crippen molar-refractivity contribution in [3.8, 4) is 5.75 Å². The first-order valence-corrected chi connectivity index (χ1v) is 11.9. The Morgan fingerprint density at radius 3 is 2.72 bits per heavy atom. The number of aliphatic hydroxyl groups is 1. The van der Waals surface area contributed by atoms with Crippen molar-refractivity contribution in [1.29, 1.82) is 0 Å². The molecule has 36 heavy (non-hydrogen) atoms. The molecule has 0 saturated heterocycles. The molecule has 1 unspecified atom stereocenters. The molecule has 4 aromatic rings. The Hall–Kier alpha value is -3.75. The van der Waals surface area contributed by atoms with Gasteiger partial charge in [0.25, 0.3) is 5.91 Å². The number of rotatable bonds is 8. The van der Waals surface area contributed by atoms with Gasteiger partial charge in [0.05, 0.1) is 35.1 Å². The highest BCUT2D eigenvalue weighted by Crippen LogP contribution is 2.41. The topological polar surface area (TPSA) is 97.8 Å². The molecule has 0 saturated carbocycles. The van der Waals surface area contributed by atoms with Crippen LogP contribution in [0, 0.1) is 0 Å². The minimum absolute atomic E-state index is 0.0193. The fraction of sp³-hybridized carbons (Fsp3) is 0.192. The molecule has 0 radical (unpaired) electrons. The standard InChI is InChI=1S/C26H21Cl2N3O5/c1-35-19-5-2-4-16-13-20(36-25(16)19)23(32)21-22(15-6-7-17(27)18(28)12-15)31(26(34)24(21)33)10-3-9-30-11-8-29-14-30/h2,4-8,11-14,22,33H,3,9-10H2,1H3. The van der Waals surface area contributed by atoms with E-state index in [1.165, 1.54) is 12.0 Å². The summed E-state index contributed by atoms with van der Waals surface area (Å²) >= 11 is 12.4. The third kappa shape index (κ3) is 4.23. The molecule has 0 fully saturated rings. The number of benzene rings is 2. The van der Waals surface area contributed by atoms with E-state index in [1.54, 1.807) is 55.0 Å². The summed E-state index contributed by atoms with van der Waals surface area (Å²) in [7, 11) is 1.50. The number of Topliss-reactive ketones (excluding diaryl/α,β-unsaturated/α-hetero) is 1. The maximum absolute atomic E-state index is 13.7. The molecule has 5 rings (SSSR count). The summed E-state index contributed by atoms with van der Waals surface area (Å²) in [6.07, 6.45) is 5.74. The zero-order valence-corrected chi connectivity index (χ0v) is 20.7. The first-order chi connectivity index (χ1) is 17.4. The molecule has 10 heteroatoms. The lowest BCUT2D eigenvalue weighted by Gasteiger charge is -2.27. The Balaban J connectivity index is 1.53. The molecule has 1 amide bonds. The number of amides is 1. The fourth-order valence-electron chi connectivity index (χ4n) is 4.43. The summed E-state index contributed by atoms with van der Waals surface area (Å²) in [5, 5.41) is 12.2. The van der Waals surface area contributed by atoms with E-state index in [0.717, 1.165) is 0 Å². The van der Waals surface area contributed by atoms with Gasteiger partial charge >= 0.3 is 0 Å². The molecule has 8 nitrogen and oxygen atoms in total. The molecular weight excluding hydrogens is 505 g/mol. The Morgan fingerprint density at radius 1 is 1.17 bits per heavy atom. The van der Waals surface area contributed by atoms with Crippen molar-refractivity contribution in [3.05, 3.63) is 93.9 Å². The number of aliphatic hydroxyl groups excluding tert-OH is 1. The van der Waals surface area contributed by atoms with Gasteiger partial charge in [0.2, 0.25) is 5.78 Å². The Morgan fingerprint density at radius 2 is 2.00 bits per heavy atom. The first kappa shape index (κ1) is 24.0. The van der Waals surface area contributed by atoms with Crippen molar-refractivity contribution in [2.45, 2.75) is 19.0 Å². The number of aryl methyl sites for hydroxylation is 1. The molecule has 1 aliphatic heterocycles. The highest BCUT2D eigenvalue weighted by Gasteiger charge is 2.44. The van der Waals surface area contributed by atoms with Gasteiger partial charge in [-0.25, -0.2) is 4.98 Å². The van der Waals surface area contributed by atoms with Gasteiger partial charge in [-0.3, -0.25) is 9.59 Å². The minimum atomic E-state index is -0.877. The number of methoxy groups -OCH3 is 1. The van der Waals surface area contributed by atoms with Crippen LogP contribution in [0.1, 0.15) is 28.6 Å². The molecule has 1 aliphatic rings. The molecular formula is C26H21Cl2N3O5. The van der Waals surface area contributed by atoms with E-state index >= 15 is 0 Å². The van der Waals surface area contributed by atoms with Crippen LogP contribution >= 0.6 is 23.2 Å². The van der Waals surface area contributed by atoms with Crippen molar-refractivity contribution in [2.24, 2.45) is 0 Å². The second-order valence-electron chi connectivity index (χ2n) is 8.31. The SMILES string of the molecule is COc1cccc2cc(C(=O)C3=C(O)C(=O)N(CCCn4ccnc4)C3c3ccc(Cl)c(Cl)c3)oc12. The number of carbonyl (C=O) groups is 2. The zero-order chi connectivity index (χ0) is 25.4. The summed E-state index contributed by atoms with van der Waals surface area (Å²) in [5.41, 5.74) is 0.858. The van der Waals surface area contributed by atoms with Crippen LogP contribution in [-0.4, -0.2) is 44.9 Å². The van der Waals surface area contributed by atoms with Gasteiger partial charge in [0, 0.05) is 30.9 Å². The molecule has 0 aliphatic carbocycles. The van der Waals surface area contributed by atoms with Crippen LogP contribution in [0.15, 0.2) is 76.9 Å². The van der Waals surface area contributed by atoms with Crippen molar-refractivity contribution in [2.75, 3.05) is 13.7 Å². The number of ether oxygens (including phenoxy) is 1. The van der Waals surface area contributed by atoms with Crippen molar-refractivity contribution in [1.82, 2.24) is 14.5 Å². The molecule has 0 spiro atoms. The Bertz CT molecular complexity index is 1490. The first-order valence-electron chi connectivity index (χ1n) is 11.1. The molecule has 184 valence electrons. The van der Waals surface area contributed by atoms with E-state index in [0.29, 0.717) is 40.3 Å².